The molecule has 0 radical (unpaired) electrons. The van der Waals surface area contributed by atoms with Crippen LogP contribution < -0.4 is 21.3 Å². The van der Waals surface area contributed by atoms with Crippen molar-refractivity contribution in [3.05, 3.63) is 0 Å². The molecule has 0 rings (SSSR count). The molecule has 6 N–H and O–H groups in total. The van der Waals surface area contributed by atoms with Gasteiger partial charge in [0.25, 0.3) is 0 Å². The van der Waals surface area contributed by atoms with Crippen LogP contribution in [0.5, 0.6) is 0 Å². The molecule has 0 aliphatic carbocycles. The zero-order valence-electron chi connectivity index (χ0n) is 14.8. The van der Waals surface area contributed by atoms with Crippen LogP contribution in [0.3, 0.4) is 0 Å². The van der Waals surface area contributed by atoms with Gasteiger partial charge in [0.15, 0.2) is 0 Å². The monoisotopic (exact) mass is 374 g/mol. The highest BCUT2D eigenvalue weighted by atomic mass is 16.4. The zero-order chi connectivity index (χ0) is 20.1. The number of aliphatic carboxylic acids is 2. The van der Waals surface area contributed by atoms with Crippen molar-refractivity contribution in [2.24, 2.45) is 0 Å². The van der Waals surface area contributed by atoms with E-state index in [4.69, 9.17) is 10.2 Å². The quantitative estimate of drug-likeness (QED) is 0.201. The van der Waals surface area contributed by atoms with Gasteiger partial charge in [-0.25, -0.2) is 0 Å². The third-order valence-corrected chi connectivity index (χ3v) is 3.39. The van der Waals surface area contributed by atoms with Crippen LogP contribution in [0, 0.1) is 0 Å². The Morgan fingerprint density at radius 2 is 1.31 bits per heavy atom. The second-order valence-corrected chi connectivity index (χ2v) is 5.54. The van der Waals surface area contributed by atoms with Crippen molar-refractivity contribution in [2.75, 3.05) is 20.1 Å². The lowest BCUT2D eigenvalue weighted by molar-refractivity contribution is -0.139. The van der Waals surface area contributed by atoms with Crippen LogP contribution in [0.2, 0.25) is 0 Å². The van der Waals surface area contributed by atoms with Crippen LogP contribution in [0.15, 0.2) is 0 Å². The Bertz CT molecular complexity index is 524. The molecule has 0 heterocycles. The van der Waals surface area contributed by atoms with Gasteiger partial charge in [-0.05, 0) is 19.9 Å². The number of amides is 3. The molecule has 2 unspecified atom stereocenters. The standard InChI is InChI=1S/C15H26N4O7/c1-9(20)17-7-8-18-14(25)11(4-6-13(23)24)19-15(26)10(16-2)3-5-12(21)22/h10-11,16H,3-8H2,1-2H3,(H,17,20)(H,18,25)(H,19,26)(H,21,22)(H,23,24). The summed E-state index contributed by atoms with van der Waals surface area (Å²) in [4.78, 5) is 56.5. The second kappa shape index (κ2) is 12.6. The molecule has 3 amide bonds. The lowest BCUT2D eigenvalue weighted by Gasteiger charge is -2.21. The summed E-state index contributed by atoms with van der Waals surface area (Å²) >= 11 is 0. The van der Waals surface area contributed by atoms with Gasteiger partial charge in [-0.2, -0.15) is 0 Å². The number of nitrogens with one attached hydrogen (secondary N) is 4. The van der Waals surface area contributed by atoms with E-state index >= 15 is 0 Å². The maximum absolute atomic E-state index is 12.2. The largest absolute Gasteiger partial charge is 0.481 e. The van der Waals surface area contributed by atoms with Gasteiger partial charge in [0.05, 0.1) is 6.04 Å². The van der Waals surface area contributed by atoms with Crippen LogP contribution in [0.1, 0.15) is 32.6 Å². The van der Waals surface area contributed by atoms with E-state index in [0.717, 1.165) is 0 Å². The summed E-state index contributed by atoms with van der Waals surface area (Å²) in [7, 11) is 1.48. The van der Waals surface area contributed by atoms with Crippen molar-refractivity contribution in [3.8, 4) is 0 Å². The molecule has 0 fully saturated rings. The summed E-state index contributed by atoms with van der Waals surface area (Å²) in [6.45, 7) is 1.64. The molecule has 11 nitrogen and oxygen atoms in total. The summed E-state index contributed by atoms with van der Waals surface area (Å²) in [6, 6.07) is -1.91. The molecule has 0 aromatic heterocycles. The van der Waals surface area contributed by atoms with E-state index in [0.29, 0.717) is 0 Å². The predicted molar refractivity (Wildman–Crippen MR) is 90.2 cm³/mol. The number of hydrogen-bond donors (Lipinski definition) is 6. The van der Waals surface area contributed by atoms with E-state index in [1.54, 1.807) is 0 Å². The van der Waals surface area contributed by atoms with Crippen molar-refractivity contribution in [2.45, 2.75) is 44.7 Å². The number of carboxylic acid groups (broad SMARTS) is 2. The Balaban J connectivity index is 4.74. The fourth-order valence-corrected chi connectivity index (χ4v) is 2.03. The summed E-state index contributed by atoms with van der Waals surface area (Å²) < 4.78 is 0. The lowest BCUT2D eigenvalue weighted by Crippen LogP contribution is -2.53. The van der Waals surface area contributed by atoms with Gasteiger partial charge in [0, 0.05) is 32.9 Å². The van der Waals surface area contributed by atoms with Crippen LogP contribution in [0.4, 0.5) is 0 Å². The maximum Gasteiger partial charge on any atom is 0.303 e. The van der Waals surface area contributed by atoms with Crippen LogP contribution in [-0.2, 0) is 24.0 Å². The first-order valence-electron chi connectivity index (χ1n) is 8.10. The Labute approximate surface area is 150 Å². The minimum absolute atomic E-state index is 0.0213. The molecular weight excluding hydrogens is 348 g/mol. The summed E-state index contributed by atoms with van der Waals surface area (Å²) in [6.07, 6.45) is -0.666. The molecule has 0 saturated carbocycles. The molecule has 0 aromatic rings. The molecule has 0 saturated heterocycles. The number of hydrogen-bond acceptors (Lipinski definition) is 6. The molecule has 148 valence electrons. The topological polar surface area (TPSA) is 174 Å². The summed E-state index contributed by atoms with van der Waals surface area (Å²) in [5.41, 5.74) is 0. The van der Waals surface area contributed by atoms with Crippen molar-refractivity contribution < 1.29 is 34.2 Å². The first-order valence-corrected chi connectivity index (χ1v) is 8.10. The Morgan fingerprint density at radius 3 is 1.77 bits per heavy atom. The highest BCUT2D eigenvalue weighted by Gasteiger charge is 2.25. The first-order chi connectivity index (χ1) is 12.2. The first kappa shape index (κ1) is 23.3. The third-order valence-electron chi connectivity index (χ3n) is 3.39. The molecule has 2 atom stereocenters. The van der Waals surface area contributed by atoms with Crippen molar-refractivity contribution in [1.82, 2.24) is 21.3 Å². The highest BCUT2D eigenvalue weighted by molar-refractivity contribution is 5.90. The summed E-state index contributed by atoms with van der Waals surface area (Å²) in [5.74, 6) is -3.62. The normalized spacial score (nSPS) is 12.5. The highest BCUT2D eigenvalue weighted by Crippen LogP contribution is 2.02. The molecule has 0 aliphatic rings. The number of carbonyl (C=O) groups excluding carboxylic acids is 3. The number of carboxylic acids is 2. The lowest BCUT2D eigenvalue weighted by atomic mass is 10.1. The average Bonchev–Trinajstić information content (AvgIpc) is 2.55. The smallest absolute Gasteiger partial charge is 0.303 e. The molecule has 0 aliphatic heterocycles. The van der Waals surface area contributed by atoms with Gasteiger partial charge >= 0.3 is 11.9 Å². The van der Waals surface area contributed by atoms with Crippen LogP contribution in [0.25, 0.3) is 0 Å². The Kier molecular flexibility index (Phi) is 11.3. The Morgan fingerprint density at radius 1 is 0.808 bits per heavy atom. The van der Waals surface area contributed by atoms with Crippen molar-refractivity contribution >= 4 is 29.7 Å². The predicted octanol–water partition coefficient (Wildman–Crippen LogP) is -1.96. The fourth-order valence-electron chi connectivity index (χ4n) is 2.03. The Hall–Kier alpha value is -2.69. The SMILES string of the molecule is CNC(CCC(=O)O)C(=O)NC(CCC(=O)O)C(=O)NCCNC(C)=O. The van der Waals surface area contributed by atoms with E-state index in [1.807, 2.05) is 0 Å². The molecule has 0 aromatic carbocycles. The van der Waals surface area contributed by atoms with E-state index < -0.39 is 35.8 Å². The van der Waals surface area contributed by atoms with Gasteiger partial charge in [-0.1, -0.05) is 0 Å². The van der Waals surface area contributed by atoms with E-state index in [1.165, 1.54) is 14.0 Å². The fraction of sp³-hybridized carbons (Fsp3) is 0.667. The number of rotatable bonds is 13. The molecule has 0 bridgehead atoms. The molecule has 26 heavy (non-hydrogen) atoms. The maximum atomic E-state index is 12.2. The second-order valence-electron chi connectivity index (χ2n) is 5.54. The van der Waals surface area contributed by atoms with Crippen molar-refractivity contribution in [3.63, 3.8) is 0 Å². The minimum atomic E-state index is -1.12. The molecular formula is C15H26N4O7. The van der Waals surface area contributed by atoms with Gasteiger partial charge in [0.2, 0.25) is 17.7 Å². The van der Waals surface area contributed by atoms with Crippen LogP contribution >= 0.6 is 0 Å². The number of likely N-dealkylation sites (N-methyl/N-ethyl adjacent to an activating group) is 1. The average molecular weight is 374 g/mol. The third kappa shape index (κ3) is 11.0. The summed E-state index contributed by atoms with van der Waals surface area (Å²) in [5, 5.41) is 27.6. The van der Waals surface area contributed by atoms with E-state index in [-0.39, 0.29) is 44.7 Å². The van der Waals surface area contributed by atoms with Gasteiger partial charge in [0.1, 0.15) is 6.04 Å². The van der Waals surface area contributed by atoms with Crippen molar-refractivity contribution in [1.29, 1.82) is 0 Å². The molecule has 0 spiro atoms. The van der Waals surface area contributed by atoms with E-state index in [2.05, 4.69) is 21.3 Å². The van der Waals surface area contributed by atoms with Gasteiger partial charge in [-0.15, -0.1) is 0 Å². The van der Waals surface area contributed by atoms with Crippen LogP contribution in [-0.4, -0.2) is 72.1 Å². The van der Waals surface area contributed by atoms with E-state index in [9.17, 15) is 24.0 Å². The number of carbonyl (C=O) groups is 5. The zero-order valence-corrected chi connectivity index (χ0v) is 14.8. The molecule has 11 heteroatoms. The van der Waals surface area contributed by atoms with Gasteiger partial charge in [-0.3, -0.25) is 24.0 Å². The minimum Gasteiger partial charge on any atom is -0.481 e. The van der Waals surface area contributed by atoms with Gasteiger partial charge < -0.3 is 31.5 Å².